The van der Waals surface area contributed by atoms with Crippen molar-refractivity contribution in [2.75, 3.05) is 0 Å². The van der Waals surface area contributed by atoms with E-state index in [4.69, 9.17) is 4.74 Å². The van der Waals surface area contributed by atoms with E-state index < -0.39 is 12.1 Å². The molecule has 0 radical (unpaired) electrons. The summed E-state index contributed by atoms with van der Waals surface area (Å²) in [6.07, 6.45) is 4.64. The zero-order valence-electron chi connectivity index (χ0n) is 12.2. The maximum atomic E-state index is 12.0. The van der Waals surface area contributed by atoms with Gasteiger partial charge in [-0.25, -0.2) is 4.79 Å². The number of carbonyl (C=O) groups is 2. The highest BCUT2D eigenvalue weighted by molar-refractivity contribution is 5.92. The molecule has 1 unspecified atom stereocenters. The zero-order chi connectivity index (χ0) is 15.2. The van der Waals surface area contributed by atoms with Crippen molar-refractivity contribution in [2.45, 2.75) is 51.2 Å². The lowest BCUT2D eigenvalue weighted by atomic mass is 9.95. The van der Waals surface area contributed by atoms with E-state index in [1.54, 1.807) is 6.92 Å². The Hall–Kier alpha value is -2.04. The average Bonchev–Trinajstić information content (AvgIpc) is 2.48. The summed E-state index contributed by atoms with van der Waals surface area (Å²) in [6, 6.07) is 5.93. The number of phenols is 1. The fraction of sp³-hybridized carbons (Fsp3) is 0.500. The number of rotatable bonds is 4. The van der Waals surface area contributed by atoms with E-state index in [1.807, 2.05) is 0 Å². The van der Waals surface area contributed by atoms with Gasteiger partial charge >= 0.3 is 5.97 Å². The van der Waals surface area contributed by atoms with Crippen molar-refractivity contribution in [2.24, 2.45) is 0 Å². The van der Waals surface area contributed by atoms with E-state index in [-0.39, 0.29) is 17.7 Å². The molecule has 0 aliphatic heterocycles. The fourth-order valence-electron chi connectivity index (χ4n) is 2.45. The van der Waals surface area contributed by atoms with E-state index in [9.17, 15) is 14.7 Å². The molecule has 5 nitrogen and oxygen atoms in total. The van der Waals surface area contributed by atoms with Gasteiger partial charge in [0.2, 0.25) is 0 Å². The van der Waals surface area contributed by atoms with Crippen LogP contribution in [0.25, 0.3) is 0 Å². The number of amides is 1. The van der Waals surface area contributed by atoms with E-state index in [1.165, 1.54) is 30.7 Å². The molecule has 1 atom stereocenters. The highest BCUT2D eigenvalue weighted by atomic mass is 16.5. The van der Waals surface area contributed by atoms with Crippen LogP contribution < -0.4 is 5.32 Å². The second-order valence-corrected chi connectivity index (χ2v) is 5.44. The molecule has 2 rings (SSSR count). The van der Waals surface area contributed by atoms with Gasteiger partial charge in [0.1, 0.15) is 5.75 Å². The lowest BCUT2D eigenvalue weighted by Crippen LogP contribution is -2.42. The van der Waals surface area contributed by atoms with Gasteiger partial charge in [-0.05, 0) is 44.0 Å². The van der Waals surface area contributed by atoms with Crippen LogP contribution in [0.4, 0.5) is 0 Å². The molecular weight excluding hydrogens is 270 g/mol. The van der Waals surface area contributed by atoms with Crippen molar-refractivity contribution in [3.05, 3.63) is 29.8 Å². The summed E-state index contributed by atoms with van der Waals surface area (Å²) < 4.78 is 5.15. The monoisotopic (exact) mass is 291 g/mol. The Labute approximate surface area is 124 Å². The molecule has 1 amide bonds. The predicted molar refractivity (Wildman–Crippen MR) is 78.0 cm³/mol. The van der Waals surface area contributed by atoms with Crippen molar-refractivity contribution >= 4 is 11.9 Å². The lowest BCUT2D eigenvalue weighted by molar-refractivity contribution is -0.130. The molecule has 1 aliphatic rings. The normalized spacial score (nSPS) is 17.0. The number of hydrogen-bond acceptors (Lipinski definition) is 4. The molecule has 1 aliphatic carbocycles. The first-order valence-corrected chi connectivity index (χ1v) is 7.36. The fourth-order valence-corrected chi connectivity index (χ4v) is 2.45. The van der Waals surface area contributed by atoms with Gasteiger partial charge in [0.25, 0.3) is 5.91 Å². The minimum absolute atomic E-state index is 0.0784. The summed E-state index contributed by atoms with van der Waals surface area (Å²) in [5.41, 5.74) is 0.310. The summed E-state index contributed by atoms with van der Waals surface area (Å²) >= 11 is 0. The molecule has 0 saturated heterocycles. The third-order valence-corrected chi connectivity index (χ3v) is 3.71. The molecule has 21 heavy (non-hydrogen) atoms. The predicted octanol–water partition coefficient (Wildman–Crippen LogP) is 2.39. The Morgan fingerprint density at radius 1 is 1.19 bits per heavy atom. The van der Waals surface area contributed by atoms with Crippen molar-refractivity contribution in [3.63, 3.8) is 0 Å². The Balaban J connectivity index is 1.84. The van der Waals surface area contributed by atoms with E-state index in [0.717, 1.165) is 25.7 Å². The van der Waals surface area contributed by atoms with Gasteiger partial charge in [-0.1, -0.05) is 19.3 Å². The van der Waals surface area contributed by atoms with Gasteiger partial charge in [-0.2, -0.15) is 0 Å². The number of nitrogens with one attached hydrogen (secondary N) is 1. The van der Waals surface area contributed by atoms with Crippen molar-refractivity contribution in [3.8, 4) is 5.75 Å². The number of carbonyl (C=O) groups excluding carboxylic acids is 2. The molecule has 1 fully saturated rings. The van der Waals surface area contributed by atoms with Gasteiger partial charge in [0, 0.05) is 6.04 Å². The van der Waals surface area contributed by atoms with Gasteiger partial charge in [0.15, 0.2) is 6.10 Å². The Morgan fingerprint density at radius 2 is 1.81 bits per heavy atom. The Bertz CT molecular complexity index is 492. The molecule has 1 aromatic carbocycles. The largest absolute Gasteiger partial charge is 0.508 e. The Morgan fingerprint density at radius 3 is 2.43 bits per heavy atom. The SMILES string of the molecule is CC(OC(=O)c1ccc(O)cc1)C(=O)NC1CCCCC1. The summed E-state index contributed by atoms with van der Waals surface area (Å²) in [4.78, 5) is 23.9. The van der Waals surface area contributed by atoms with Crippen molar-refractivity contribution < 1.29 is 19.4 Å². The van der Waals surface area contributed by atoms with E-state index in [2.05, 4.69) is 5.32 Å². The smallest absolute Gasteiger partial charge is 0.338 e. The third kappa shape index (κ3) is 4.48. The maximum absolute atomic E-state index is 12.0. The molecule has 0 spiro atoms. The van der Waals surface area contributed by atoms with Crippen LogP contribution in [0, 0.1) is 0 Å². The highest BCUT2D eigenvalue weighted by Gasteiger charge is 2.22. The topological polar surface area (TPSA) is 75.6 Å². The van der Waals surface area contributed by atoms with Crippen LogP contribution in [0.5, 0.6) is 5.75 Å². The third-order valence-electron chi connectivity index (χ3n) is 3.71. The summed E-state index contributed by atoms with van der Waals surface area (Å²) in [5, 5.41) is 12.1. The summed E-state index contributed by atoms with van der Waals surface area (Å²) in [7, 11) is 0. The van der Waals surface area contributed by atoms with E-state index >= 15 is 0 Å². The van der Waals surface area contributed by atoms with Crippen LogP contribution in [-0.2, 0) is 9.53 Å². The van der Waals surface area contributed by atoms with E-state index in [0.29, 0.717) is 5.56 Å². The van der Waals surface area contributed by atoms with Crippen LogP contribution in [0.15, 0.2) is 24.3 Å². The Kier molecular flexibility index (Phi) is 5.20. The van der Waals surface area contributed by atoms with Gasteiger partial charge in [-0.3, -0.25) is 4.79 Å². The molecule has 2 N–H and O–H groups in total. The maximum Gasteiger partial charge on any atom is 0.338 e. The van der Waals surface area contributed by atoms with Crippen LogP contribution in [0.2, 0.25) is 0 Å². The minimum Gasteiger partial charge on any atom is -0.508 e. The number of aromatic hydroxyl groups is 1. The lowest BCUT2D eigenvalue weighted by Gasteiger charge is -2.24. The van der Waals surface area contributed by atoms with Crippen LogP contribution >= 0.6 is 0 Å². The number of esters is 1. The average molecular weight is 291 g/mol. The second kappa shape index (κ2) is 7.11. The quantitative estimate of drug-likeness (QED) is 0.835. The molecule has 5 heteroatoms. The molecule has 1 aromatic rings. The number of benzene rings is 1. The molecule has 0 aromatic heterocycles. The van der Waals surface area contributed by atoms with Crippen molar-refractivity contribution in [1.82, 2.24) is 5.32 Å². The van der Waals surface area contributed by atoms with Gasteiger partial charge < -0.3 is 15.2 Å². The molecule has 0 bridgehead atoms. The van der Waals surface area contributed by atoms with Gasteiger partial charge in [-0.15, -0.1) is 0 Å². The molecule has 114 valence electrons. The molecule has 1 saturated carbocycles. The van der Waals surface area contributed by atoms with Crippen LogP contribution in [-0.4, -0.2) is 29.1 Å². The van der Waals surface area contributed by atoms with Crippen molar-refractivity contribution in [1.29, 1.82) is 0 Å². The zero-order valence-corrected chi connectivity index (χ0v) is 12.2. The number of hydrogen-bond donors (Lipinski definition) is 2. The summed E-state index contributed by atoms with van der Waals surface area (Å²) in [6.45, 7) is 1.57. The number of ether oxygens (including phenoxy) is 1. The summed E-state index contributed by atoms with van der Waals surface area (Å²) in [5.74, 6) is -0.745. The first kappa shape index (κ1) is 15.4. The minimum atomic E-state index is -0.826. The molecular formula is C16H21NO4. The molecule has 0 heterocycles. The first-order chi connectivity index (χ1) is 10.1. The number of phenolic OH excluding ortho intramolecular Hbond substituents is 1. The van der Waals surface area contributed by atoms with Crippen LogP contribution in [0.1, 0.15) is 49.4 Å². The standard InChI is InChI=1S/C16H21NO4/c1-11(15(19)17-13-5-3-2-4-6-13)21-16(20)12-7-9-14(18)10-8-12/h7-11,13,18H,2-6H2,1H3,(H,17,19). The van der Waals surface area contributed by atoms with Gasteiger partial charge in [0.05, 0.1) is 5.56 Å². The second-order valence-electron chi connectivity index (χ2n) is 5.44. The first-order valence-electron chi connectivity index (χ1n) is 7.36. The van der Waals surface area contributed by atoms with Crippen LogP contribution in [0.3, 0.4) is 0 Å². The highest BCUT2D eigenvalue weighted by Crippen LogP contribution is 2.17.